The van der Waals surface area contributed by atoms with Gasteiger partial charge in [0.1, 0.15) is 6.61 Å². The number of benzene rings is 1. The van der Waals surface area contributed by atoms with Gasteiger partial charge >= 0.3 is 5.97 Å². The normalized spacial score (nSPS) is 10.8. The van der Waals surface area contributed by atoms with Crippen molar-refractivity contribution >= 4 is 23.3 Å². The van der Waals surface area contributed by atoms with E-state index >= 15 is 0 Å². The average molecular weight is 465 g/mol. The predicted octanol–water partition coefficient (Wildman–Crippen LogP) is 6.06. The van der Waals surface area contributed by atoms with E-state index in [1.54, 1.807) is 6.92 Å². The Morgan fingerprint density at radius 1 is 0.939 bits per heavy atom. The van der Waals surface area contributed by atoms with Crippen molar-refractivity contribution < 1.29 is 24.0 Å². The van der Waals surface area contributed by atoms with Crippen LogP contribution in [-0.2, 0) is 14.3 Å². The van der Waals surface area contributed by atoms with Crippen LogP contribution in [-0.4, -0.2) is 43.2 Å². The number of rotatable bonds is 18. The van der Waals surface area contributed by atoms with Gasteiger partial charge in [-0.3, -0.25) is 14.9 Å². The summed E-state index contributed by atoms with van der Waals surface area (Å²) in [6.45, 7) is 6.83. The lowest BCUT2D eigenvalue weighted by atomic mass is 10.1. The molecule has 186 valence electrons. The molecule has 0 saturated carbocycles. The van der Waals surface area contributed by atoms with E-state index in [2.05, 4.69) is 6.92 Å². The molecule has 8 nitrogen and oxygen atoms in total. The smallest absolute Gasteiger partial charge is 0.340 e. The highest BCUT2D eigenvalue weighted by molar-refractivity contribution is 6.03. The Bertz CT molecular complexity index is 738. The third-order valence-corrected chi connectivity index (χ3v) is 5.38. The molecule has 0 spiro atoms. The largest absolute Gasteiger partial charge is 0.462 e. The summed E-state index contributed by atoms with van der Waals surface area (Å²) in [5.41, 5.74) is 0.124. The molecular formula is C25H40N2O6. The third kappa shape index (κ3) is 10.8. The highest BCUT2D eigenvalue weighted by atomic mass is 16.6. The fraction of sp³-hybridized carbons (Fsp3) is 0.680. The summed E-state index contributed by atoms with van der Waals surface area (Å²) in [6.07, 6.45) is 10.8. The Morgan fingerprint density at radius 3 is 2.18 bits per heavy atom. The maximum atomic E-state index is 13.0. The first-order chi connectivity index (χ1) is 16.0. The van der Waals surface area contributed by atoms with Gasteiger partial charge < -0.3 is 14.4 Å². The van der Waals surface area contributed by atoms with Crippen molar-refractivity contribution in [3.05, 3.63) is 33.9 Å². The molecule has 0 fully saturated rings. The minimum absolute atomic E-state index is 0.0209. The summed E-state index contributed by atoms with van der Waals surface area (Å²) in [6, 6.07) is 3.95. The molecule has 0 aliphatic rings. The number of esters is 1. The number of hydrogen-bond donors (Lipinski definition) is 0. The number of non-ortho nitro benzene ring substituents is 1. The second-order valence-corrected chi connectivity index (χ2v) is 8.11. The summed E-state index contributed by atoms with van der Waals surface area (Å²) in [5, 5.41) is 11.2. The summed E-state index contributed by atoms with van der Waals surface area (Å²) in [5.74, 6) is -0.953. The van der Waals surface area contributed by atoms with Crippen LogP contribution < -0.4 is 4.90 Å². The fourth-order valence-corrected chi connectivity index (χ4v) is 3.51. The quantitative estimate of drug-likeness (QED) is 0.113. The number of hydrogen-bond acceptors (Lipinski definition) is 6. The molecular weight excluding hydrogens is 424 g/mol. The number of amides is 1. The molecule has 0 bridgehead atoms. The standard InChI is InChI=1S/C25H40N2O6/c1-4-7-9-10-11-12-13-14-17-26(24(28)20-32-18-8-5-2)23-16-15-21(27(30)31)19-22(23)25(29)33-6-3/h15-16,19H,4-14,17-18,20H2,1-3H3. The van der Waals surface area contributed by atoms with Gasteiger partial charge in [0.2, 0.25) is 0 Å². The van der Waals surface area contributed by atoms with E-state index in [1.807, 2.05) is 6.92 Å². The molecule has 1 amide bonds. The lowest BCUT2D eigenvalue weighted by Crippen LogP contribution is -2.36. The molecule has 0 unspecified atom stereocenters. The van der Waals surface area contributed by atoms with Crippen LogP contribution in [0.15, 0.2) is 18.2 Å². The summed E-state index contributed by atoms with van der Waals surface area (Å²) in [4.78, 5) is 37.8. The van der Waals surface area contributed by atoms with E-state index in [9.17, 15) is 19.7 Å². The Labute approximate surface area is 197 Å². The van der Waals surface area contributed by atoms with Crippen LogP contribution in [0.5, 0.6) is 0 Å². The van der Waals surface area contributed by atoms with Gasteiger partial charge in [0.25, 0.3) is 11.6 Å². The Morgan fingerprint density at radius 2 is 1.58 bits per heavy atom. The van der Waals surface area contributed by atoms with Crippen molar-refractivity contribution in [2.75, 3.05) is 31.3 Å². The first-order valence-electron chi connectivity index (χ1n) is 12.3. The van der Waals surface area contributed by atoms with Crippen molar-refractivity contribution in [3.63, 3.8) is 0 Å². The molecule has 0 aromatic heterocycles. The number of nitro groups is 1. The van der Waals surface area contributed by atoms with E-state index in [-0.39, 0.29) is 30.4 Å². The van der Waals surface area contributed by atoms with Gasteiger partial charge in [0, 0.05) is 25.3 Å². The molecule has 1 rings (SSSR count). The SMILES string of the molecule is CCCCCCCCCCN(C(=O)COCCCC)c1ccc([N+](=O)[O-])cc1C(=O)OCC. The molecule has 0 heterocycles. The molecule has 33 heavy (non-hydrogen) atoms. The van der Waals surface area contributed by atoms with Gasteiger partial charge in [-0.2, -0.15) is 0 Å². The monoisotopic (exact) mass is 464 g/mol. The fourth-order valence-electron chi connectivity index (χ4n) is 3.51. The second kappa shape index (κ2) is 17.1. The van der Waals surface area contributed by atoms with Crippen LogP contribution in [0.1, 0.15) is 95.3 Å². The van der Waals surface area contributed by atoms with E-state index in [1.165, 1.54) is 55.2 Å². The van der Waals surface area contributed by atoms with E-state index in [4.69, 9.17) is 9.47 Å². The van der Waals surface area contributed by atoms with Gasteiger partial charge in [0.05, 0.1) is 22.8 Å². The summed E-state index contributed by atoms with van der Waals surface area (Å²) < 4.78 is 10.6. The van der Waals surface area contributed by atoms with Gasteiger partial charge in [-0.15, -0.1) is 0 Å². The van der Waals surface area contributed by atoms with E-state index < -0.39 is 10.9 Å². The topological polar surface area (TPSA) is 99.0 Å². The number of nitrogens with zero attached hydrogens (tertiary/aromatic N) is 2. The zero-order chi connectivity index (χ0) is 24.5. The lowest BCUT2D eigenvalue weighted by molar-refractivity contribution is -0.384. The zero-order valence-electron chi connectivity index (χ0n) is 20.5. The lowest BCUT2D eigenvalue weighted by Gasteiger charge is -2.25. The van der Waals surface area contributed by atoms with Gasteiger partial charge in [-0.1, -0.05) is 65.2 Å². The molecule has 0 aliphatic heterocycles. The maximum absolute atomic E-state index is 13.0. The summed E-state index contributed by atoms with van der Waals surface area (Å²) >= 11 is 0. The second-order valence-electron chi connectivity index (χ2n) is 8.11. The molecule has 1 aromatic carbocycles. The minimum atomic E-state index is -0.683. The Kier molecular flexibility index (Phi) is 14.8. The Balaban J connectivity index is 2.97. The maximum Gasteiger partial charge on any atom is 0.340 e. The third-order valence-electron chi connectivity index (χ3n) is 5.38. The van der Waals surface area contributed by atoms with Gasteiger partial charge in [-0.05, 0) is 25.8 Å². The number of unbranched alkanes of at least 4 members (excludes halogenated alkanes) is 8. The van der Waals surface area contributed by atoms with Crippen molar-refractivity contribution in [1.82, 2.24) is 0 Å². The molecule has 0 saturated heterocycles. The number of carbonyl (C=O) groups is 2. The molecule has 8 heteroatoms. The molecule has 0 radical (unpaired) electrons. The minimum Gasteiger partial charge on any atom is -0.462 e. The van der Waals surface area contributed by atoms with Crippen LogP contribution in [0.3, 0.4) is 0 Å². The van der Waals surface area contributed by atoms with Crippen LogP contribution in [0.2, 0.25) is 0 Å². The number of ether oxygens (including phenoxy) is 2. The first kappa shape index (κ1) is 28.6. The van der Waals surface area contributed by atoms with E-state index in [0.29, 0.717) is 18.8 Å². The Hall–Kier alpha value is -2.48. The predicted molar refractivity (Wildman–Crippen MR) is 130 cm³/mol. The van der Waals surface area contributed by atoms with Crippen LogP contribution in [0.4, 0.5) is 11.4 Å². The van der Waals surface area contributed by atoms with Crippen molar-refractivity contribution in [2.45, 2.75) is 85.0 Å². The molecule has 0 N–H and O–H groups in total. The highest BCUT2D eigenvalue weighted by Gasteiger charge is 2.25. The van der Waals surface area contributed by atoms with E-state index in [0.717, 1.165) is 32.1 Å². The van der Waals surface area contributed by atoms with Gasteiger partial charge in [0.15, 0.2) is 0 Å². The van der Waals surface area contributed by atoms with Gasteiger partial charge in [-0.25, -0.2) is 4.79 Å². The average Bonchev–Trinajstić information content (AvgIpc) is 2.80. The zero-order valence-corrected chi connectivity index (χ0v) is 20.5. The number of carbonyl (C=O) groups excluding carboxylic acids is 2. The van der Waals surface area contributed by atoms with Crippen LogP contribution in [0, 0.1) is 10.1 Å². The molecule has 0 aliphatic carbocycles. The molecule has 0 atom stereocenters. The summed E-state index contributed by atoms with van der Waals surface area (Å²) in [7, 11) is 0. The van der Waals surface area contributed by atoms with Crippen molar-refractivity contribution in [3.8, 4) is 0 Å². The highest BCUT2D eigenvalue weighted by Crippen LogP contribution is 2.27. The van der Waals surface area contributed by atoms with Crippen LogP contribution >= 0.6 is 0 Å². The van der Waals surface area contributed by atoms with Crippen LogP contribution in [0.25, 0.3) is 0 Å². The van der Waals surface area contributed by atoms with Crippen molar-refractivity contribution in [2.24, 2.45) is 0 Å². The number of nitro benzene ring substituents is 1. The first-order valence-corrected chi connectivity index (χ1v) is 12.3. The number of anilines is 1. The molecule has 1 aromatic rings. The van der Waals surface area contributed by atoms with Crippen molar-refractivity contribution in [1.29, 1.82) is 0 Å².